The number of halogens is 1. The van der Waals surface area contributed by atoms with Gasteiger partial charge in [0.2, 0.25) is 5.91 Å². The van der Waals surface area contributed by atoms with Crippen LogP contribution in [0.25, 0.3) is 0 Å². The Morgan fingerprint density at radius 2 is 1.71 bits per heavy atom. The number of rotatable bonds is 2. The van der Waals surface area contributed by atoms with Crippen molar-refractivity contribution in [2.45, 2.75) is 45.4 Å². The summed E-state index contributed by atoms with van der Waals surface area (Å²) in [6.45, 7) is 2.06. The van der Waals surface area contributed by atoms with Crippen LogP contribution in [0.2, 0.25) is 0 Å². The van der Waals surface area contributed by atoms with Crippen molar-refractivity contribution in [2.75, 3.05) is 5.32 Å². The molecule has 5 rings (SSSR count). The molecule has 21 heavy (non-hydrogen) atoms. The quantitative estimate of drug-likeness (QED) is 0.808. The summed E-state index contributed by atoms with van der Waals surface area (Å²) in [6.07, 6.45) is 7.48. The van der Waals surface area contributed by atoms with Crippen LogP contribution in [0.4, 0.5) is 5.69 Å². The molecule has 0 aromatic heterocycles. The van der Waals surface area contributed by atoms with Gasteiger partial charge in [0, 0.05) is 4.47 Å². The number of hydrogen-bond donors (Lipinski definition) is 1. The van der Waals surface area contributed by atoms with Gasteiger partial charge in [-0.15, -0.1) is 0 Å². The van der Waals surface area contributed by atoms with Gasteiger partial charge in [-0.1, -0.05) is 12.1 Å². The van der Waals surface area contributed by atoms with Gasteiger partial charge >= 0.3 is 0 Å². The van der Waals surface area contributed by atoms with Gasteiger partial charge in [-0.25, -0.2) is 0 Å². The summed E-state index contributed by atoms with van der Waals surface area (Å²) in [6, 6.07) is 6.06. The first-order valence-corrected chi connectivity index (χ1v) is 8.92. The Morgan fingerprint density at radius 3 is 2.29 bits per heavy atom. The van der Waals surface area contributed by atoms with E-state index < -0.39 is 0 Å². The van der Waals surface area contributed by atoms with E-state index in [1.807, 2.05) is 12.1 Å². The lowest BCUT2D eigenvalue weighted by Crippen LogP contribution is -2.51. The normalized spacial score (nSPS) is 36.8. The highest BCUT2D eigenvalue weighted by molar-refractivity contribution is 9.10. The Morgan fingerprint density at radius 1 is 1.14 bits per heavy atom. The van der Waals surface area contributed by atoms with Crippen molar-refractivity contribution >= 4 is 27.5 Å². The minimum Gasteiger partial charge on any atom is -0.325 e. The molecule has 4 aliphatic carbocycles. The van der Waals surface area contributed by atoms with Crippen molar-refractivity contribution in [1.29, 1.82) is 0 Å². The van der Waals surface area contributed by atoms with E-state index in [0.717, 1.165) is 47.2 Å². The molecule has 4 fully saturated rings. The van der Waals surface area contributed by atoms with E-state index in [0.29, 0.717) is 0 Å². The molecular weight excluding hydrogens is 326 g/mol. The SMILES string of the molecule is Cc1cccc(NC(=O)C23CC4CC(CC(C4)C2)C3)c1Br. The third-order valence-electron chi connectivity index (χ3n) is 5.96. The molecule has 0 radical (unpaired) electrons. The summed E-state index contributed by atoms with van der Waals surface area (Å²) in [5, 5.41) is 3.22. The van der Waals surface area contributed by atoms with Crippen molar-refractivity contribution in [1.82, 2.24) is 0 Å². The summed E-state index contributed by atoms with van der Waals surface area (Å²) >= 11 is 3.60. The average molecular weight is 348 g/mol. The Kier molecular flexibility index (Phi) is 3.18. The average Bonchev–Trinajstić information content (AvgIpc) is 2.42. The smallest absolute Gasteiger partial charge is 0.230 e. The molecule has 1 aromatic carbocycles. The molecule has 1 aromatic rings. The first-order valence-electron chi connectivity index (χ1n) is 8.12. The van der Waals surface area contributed by atoms with Gasteiger partial charge in [-0.2, -0.15) is 0 Å². The standard InChI is InChI=1S/C18H22BrNO/c1-11-3-2-4-15(16(11)19)20-17(21)18-8-12-5-13(9-18)7-14(6-12)10-18/h2-4,12-14H,5-10H2,1H3,(H,20,21). The van der Waals surface area contributed by atoms with Crippen LogP contribution in [0.3, 0.4) is 0 Å². The van der Waals surface area contributed by atoms with Crippen LogP contribution in [0.1, 0.15) is 44.1 Å². The molecule has 1 N–H and O–H groups in total. The third-order valence-corrected chi connectivity index (χ3v) is 7.01. The summed E-state index contributed by atoms with van der Waals surface area (Å²) in [7, 11) is 0. The van der Waals surface area contributed by atoms with Gasteiger partial charge in [0.1, 0.15) is 0 Å². The Hall–Kier alpha value is -0.830. The number of hydrogen-bond acceptors (Lipinski definition) is 1. The molecule has 2 nitrogen and oxygen atoms in total. The van der Waals surface area contributed by atoms with Crippen molar-refractivity contribution in [2.24, 2.45) is 23.2 Å². The monoisotopic (exact) mass is 347 g/mol. The zero-order chi connectivity index (χ0) is 14.6. The van der Waals surface area contributed by atoms with Gasteiger partial charge in [0.05, 0.1) is 11.1 Å². The van der Waals surface area contributed by atoms with Crippen molar-refractivity contribution < 1.29 is 4.79 Å². The summed E-state index contributed by atoms with van der Waals surface area (Å²) in [5.41, 5.74) is 2.02. The lowest BCUT2D eigenvalue weighted by Gasteiger charge is -2.55. The van der Waals surface area contributed by atoms with Crippen LogP contribution < -0.4 is 5.32 Å². The lowest BCUT2D eigenvalue weighted by atomic mass is 9.49. The number of carbonyl (C=O) groups is 1. The van der Waals surface area contributed by atoms with E-state index in [1.54, 1.807) is 0 Å². The molecule has 0 aliphatic heterocycles. The predicted molar refractivity (Wildman–Crippen MR) is 88.1 cm³/mol. The molecule has 4 bridgehead atoms. The Balaban J connectivity index is 1.59. The molecule has 3 heteroatoms. The molecule has 112 valence electrons. The predicted octanol–water partition coefficient (Wildman–Crippen LogP) is 4.91. The molecule has 0 saturated heterocycles. The van der Waals surface area contributed by atoms with E-state index in [1.165, 1.54) is 24.8 Å². The number of aryl methyl sites for hydroxylation is 1. The van der Waals surface area contributed by atoms with Gasteiger partial charge in [0.25, 0.3) is 0 Å². The molecule has 1 amide bonds. The van der Waals surface area contributed by atoms with Crippen molar-refractivity contribution in [3.05, 3.63) is 28.2 Å². The number of carbonyl (C=O) groups excluding carboxylic acids is 1. The fourth-order valence-electron chi connectivity index (χ4n) is 5.39. The fourth-order valence-corrected chi connectivity index (χ4v) is 5.75. The van der Waals surface area contributed by atoms with Gasteiger partial charge < -0.3 is 5.32 Å². The first-order chi connectivity index (χ1) is 10.1. The highest BCUT2D eigenvalue weighted by atomic mass is 79.9. The second-order valence-corrected chi connectivity index (χ2v) is 8.38. The van der Waals surface area contributed by atoms with E-state index in [2.05, 4.69) is 34.2 Å². The van der Waals surface area contributed by atoms with E-state index in [9.17, 15) is 4.79 Å². The van der Waals surface area contributed by atoms with Crippen molar-refractivity contribution in [3.8, 4) is 0 Å². The van der Waals surface area contributed by atoms with Crippen molar-refractivity contribution in [3.63, 3.8) is 0 Å². The molecule has 0 unspecified atom stereocenters. The van der Waals surface area contributed by atoms with Crippen LogP contribution in [0.15, 0.2) is 22.7 Å². The largest absolute Gasteiger partial charge is 0.325 e. The van der Waals surface area contributed by atoms with E-state index in [-0.39, 0.29) is 11.3 Å². The molecule has 0 spiro atoms. The van der Waals surface area contributed by atoms with E-state index in [4.69, 9.17) is 0 Å². The molecule has 4 saturated carbocycles. The minimum atomic E-state index is -0.0715. The number of anilines is 1. The highest BCUT2D eigenvalue weighted by Crippen LogP contribution is 2.60. The second-order valence-electron chi connectivity index (χ2n) is 7.59. The minimum absolute atomic E-state index is 0.0715. The van der Waals surface area contributed by atoms with Gasteiger partial charge in [-0.3, -0.25) is 4.79 Å². The van der Waals surface area contributed by atoms with E-state index >= 15 is 0 Å². The molecular formula is C18H22BrNO. The number of amides is 1. The van der Waals surface area contributed by atoms with Crippen LogP contribution in [0.5, 0.6) is 0 Å². The zero-order valence-corrected chi connectivity index (χ0v) is 14.1. The van der Waals surface area contributed by atoms with Crippen LogP contribution in [-0.2, 0) is 4.79 Å². The topological polar surface area (TPSA) is 29.1 Å². The third kappa shape index (κ3) is 2.25. The van der Waals surface area contributed by atoms with Crippen LogP contribution in [0, 0.1) is 30.1 Å². The van der Waals surface area contributed by atoms with Crippen LogP contribution >= 0.6 is 15.9 Å². The summed E-state index contributed by atoms with van der Waals surface area (Å²) in [4.78, 5) is 13.0. The fraction of sp³-hybridized carbons (Fsp3) is 0.611. The first kappa shape index (κ1) is 13.8. The molecule has 0 atom stereocenters. The highest BCUT2D eigenvalue weighted by Gasteiger charge is 2.54. The molecule has 0 heterocycles. The Bertz CT molecular complexity index is 560. The Labute approximate surface area is 134 Å². The molecule has 4 aliphatic rings. The maximum atomic E-state index is 13.0. The zero-order valence-electron chi connectivity index (χ0n) is 12.5. The lowest BCUT2D eigenvalue weighted by molar-refractivity contribution is -0.140. The van der Waals surface area contributed by atoms with Gasteiger partial charge in [0.15, 0.2) is 0 Å². The maximum Gasteiger partial charge on any atom is 0.230 e. The van der Waals surface area contributed by atoms with Gasteiger partial charge in [-0.05, 0) is 90.8 Å². The maximum absolute atomic E-state index is 13.0. The number of benzene rings is 1. The summed E-state index contributed by atoms with van der Waals surface area (Å²) in [5.74, 6) is 2.70. The second kappa shape index (κ2) is 4.84. The summed E-state index contributed by atoms with van der Waals surface area (Å²) < 4.78 is 1.02. The number of nitrogens with one attached hydrogen (secondary N) is 1. The van der Waals surface area contributed by atoms with Crippen LogP contribution in [-0.4, -0.2) is 5.91 Å².